The van der Waals surface area contributed by atoms with E-state index in [1.165, 1.54) is 83.5 Å². The van der Waals surface area contributed by atoms with Crippen LogP contribution in [0.2, 0.25) is 0 Å². The second kappa shape index (κ2) is 51.5. The predicted molar refractivity (Wildman–Crippen MR) is 294 cm³/mol. The van der Waals surface area contributed by atoms with Crippen molar-refractivity contribution in [1.82, 2.24) is 0 Å². The minimum Gasteiger partial charge on any atom is -0.462 e. The molecule has 5 atom stereocenters. The lowest BCUT2D eigenvalue weighted by Crippen LogP contribution is -2.30. The van der Waals surface area contributed by atoms with Crippen molar-refractivity contribution in [3.63, 3.8) is 0 Å². The molecule has 0 spiro atoms. The number of carbonyl (C=O) groups is 4. The van der Waals surface area contributed by atoms with Gasteiger partial charge in [0.1, 0.15) is 19.3 Å². The molecule has 0 bridgehead atoms. The quantitative estimate of drug-likeness (QED) is 0.0222. The van der Waals surface area contributed by atoms with Crippen LogP contribution in [-0.4, -0.2) is 96.7 Å². The van der Waals surface area contributed by atoms with Crippen LogP contribution in [0.5, 0.6) is 0 Å². The third kappa shape index (κ3) is 51.3. The molecule has 0 aliphatic rings. The highest BCUT2D eigenvalue weighted by Gasteiger charge is 2.30. The molecule has 2 unspecified atom stereocenters. The van der Waals surface area contributed by atoms with Gasteiger partial charge >= 0.3 is 39.5 Å². The van der Waals surface area contributed by atoms with Crippen molar-refractivity contribution in [1.29, 1.82) is 0 Å². The first-order valence-electron chi connectivity index (χ1n) is 29.8. The highest BCUT2D eigenvalue weighted by Crippen LogP contribution is 2.45. The number of rotatable bonds is 57. The first-order valence-corrected chi connectivity index (χ1v) is 32.8. The Morgan fingerprint density at radius 1 is 0.320 bits per heavy atom. The monoisotopic (exact) mass is 1110 g/mol. The molecule has 0 heterocycles. The van der Waals surface area contributed by atoms with Crippen LogP contribution in [0.15, 0.2) is 0 Å². The zero-order valence-electron chi connectivity index (χ0n) is 47.5. The van der Waals surface area contributed by atoms with Crippen molar-refractivity contribution in [3.05, 3.63) is 0 Å². The number of esters is 4. The van der Waals surface area contributed by atoms with E-state index in [0.717, 1.165) is 116 Å². The Hall–Kier alpha value is -1.94. The first-order chi connectivity index (χ1) is 36.2. The summed E-state index contributed by atoms with van der Waals surface area (Å²) in [6.07, 6.45) is 34.0. The van der Waals surface area contributed by atoms with Gasteiger partial charge in [0, 0.05) is 25.7 Å². The SMILES string of the molecule is CCCCCCCCCCCCCCCCCC(=O)O[C@@H](COC(=O)CCCCCCC)COP(=O)(O)OC[C@@H](O)COP(=O)(O)OC[C@H](COC(=O)CCCCCCCCCC)OC(=O)CCCCCCCCC. The first kappa shape index (κ1) is 73.1. The summed E-state index contributed by atoms with van der Waals surface area (Å²) < 4.78 is 67.3. The molecule has 75 heavy (non-hydrogen) atoms. The number of hydrogen-bond donors (Lipinski definition) is 3. The minimum absolute atomic E-state index is 0.104. The number of phosphoric ester groups is 2. The molecule has 17 nitrogen and oxygen atoms in total. The molecule has 0 radical (unpaired) electrons. The minimum atomic E-state index is -4.93. The normalized spacial score (nSPS) is 14.4. The number of aliphatic hydroxyl groups excluding tert-OH is 1. The van der Waals surface area contributed by atoms with E-state index >= 15 is 0 Å². The lowest BCUT2D eigenvalue weighted by Gasteiger charge is -2.21. The summed E-state index contributed by atoms with van der Waals surface area (Å²) in [6, 6.07) is 0. The standard InChI is InChI=1S/C56H108O17P2/c1-5-9-13-17-20-22-23-24-25-26-27-28-31-35-39-43-56(61)73-51(46-66-53(58)40-36-32-16-12-8-4)48-70-74(62,63)68-44-50(57)45-69-75(64,65)71-49-52(72-55(60)42-38-34-29-19-15-11-7-3)47-67-54(59)41-37-33-30-21-18-14-10-6-2/h50-52,57H,5-49H2,1-4H3,(H,62,63)(H,64,65)/t50-,51+,52+/m1/s1. The molecule has 0 amide bonds. The van der Waals surface area contributed by atoms with Gasteiger partial charge in [-0.3, -0.25) is 37.3 Å². The number of hydrogen-bond acceptors (Lipinski definition) is 15. The maximum Gasteiger partial charge on any atom is 0.472 e. The molecule has 0 aromatic heterocycles. The largest absolute Gasteiger partial charge is 0.472 e. The van der Waals surface area contributed by atoms with Crippen LogP contribution in [0.3, 0.4) is 0 Å². The van der Waals surface area contributed by atoms with Crippen molar-refractivity contribution in [2.75, 3.05) is 39.6 Å². The maximum atomic E-state index is 12.9. The number of phosphoric acid groups is 2. The molecular weight excluding hydrogens is 1010 g/mol. The van der Waals surface area contributed by atoms with E-state index in [0.29, 0.717) is 25.7 Å². The van der Waals surface area contributed by atoms with E-state index in [2.05, 4.69) is 27.7 Å². The molecule has 444 valence electrons. The van der Waals surface area contributed by atoms with Gasteiger partial charge in [-0.2, -0.15) is 0 Å². The Balaban J connectivity index is 5.09. The van der Waals surface area contributed by atoms with E-state index in [1.807, 2.05) is 0 Å². The molecule has 0 rings (SSSR count). The fourth-order valence-corrected chi connectivity index (χ4v) is 9.80. The molecule has 19 heteroatoms. The van der Waals surface area contributed by atoms with E-state index < -0.39 is 97.5 Å². The zero-order valence-corrected chi connectivity index (χ0v) is 49.3. The molecule has 0 aromatic carbocycles. The maximum absolute atomic E-state index is 12.9. The third-order valence-corrected chi connectivity index (χ3v) is 14.8. The molecular formula is C56H108O17P2. The molecule has 0 aromatic rings. The predicted octanol–water partition coefficient (Wildman–Crippen LogP) is 14.8. The number of aliphatic hydroxyl groups is 1. The van der Waals surface area contributed by atoms with Gasteiger partial charge in [-0.05, 0) is 25.7 Å². The van der Waals surface area contributed by atoms with Gasteiger partial charge in [-0.1, -0.05) is 227 Å². The van der Waals surface area contributed by atoms with Gasteiger partial charge in [0.15, 0.2) is 12.2 Å². The van der Waals surface area contributed by atoms with Crippen LogP contribution in [0, 0.1) is 0 Å². The second-order valence-electron chi connectivity index (χ2n) is 20.3. The van der Waals surface area contributed by atoms with Crippen molar-refractivity contribution in [3.8, 4) is 0 Å². The van der Waals surface area contributed by atoms with Gasteiger partial charge < -0.3 is 33.8 Å². The van der Waals surface area contributed by atoms with Crippen LogP contribution in [0.1, 0.15) is 278 Å². The van der Waals surface area contributed by atoms with Gasteiger partial charge in [-0.15, -0.1) is 0 Å². The molecule has 0 saturated heterocycles. The van der Waals surface area contributed by atoms with Crippen LogP contribution in [-0.2, 0) is 65.4 Å². The number of unbranched alkanes of at least 4 members (excludes halogenated alkanes) is 31. The van der Waals surface area contributed by atoms with Gasteiger partial charge in [0.05, 0.1) is 26.4 Å². The van der Waals surface area contributed by atoms with Gasteiger partial charge in [0.25, 0.3) is 0 Å². The molecule has 0 aliphatic carbocycles. The zero-order chi connectivity index (χ0) is 55.5. The fourth-order valence-electron chi connectivity index (χ4n) is 8.22. The van der Waals surface area contributed by atoms with E-state index in [1.54, 1.807) is 0 Å². The van der Waals surface area contributed by atoms with Gasteiger partial charge in [0.2, 0.25) is 0 Å². The Kier molecular flexibility index (Phi) is 50.2. The van der Waals surface area contributed by atoms with Crippen LogP contribution < -0.4 is 0 Å². The smallest absolute Gasteiger partial charge is 0.462 e. The van der Waals surface area contributed by atoms with Crippen molar-refractivity contribution in [2.45, 2.75) is 296 Å². The summed E-state index contributed by atoms with van der Waals surface area (Å²) in [5.41, 5.74) is 0. The summed E-state index contributed by atoms with van der Waals surface area (Å²) in [5, 5.41) is 10.4. The third-order valence-electron chi connectivity index (χ3n) is 12.9. The Bertz CT molecular complexity index is 1470. The van der Waals surface area contributed by atoms with Crippen LogP contribution >= 0.6 is 15.6 Å². The summed E-state index contributed by atoms with van der Waals surface area (Å²) >= 11 is 0. The lowest BCUT2D eigenvalue weighted by atomic mass is 10.0. The van der Waals surface area contributed by atoms with Crippen LogP contribution in [0.25, 0.3) is 0 Å². The summed E-state index contributed by atoms with van der Waals surface area (Å²) in [4.78, 5) is 71.4. The van der Waals surface area contributed by atoms with Gasteiger partial charge in [-0.25, -0.2) is 9.13 Å². The molecule has 0 fully saturated rings. The van der Waals surface area contributed by atoms with Crippen LogP contribution in [0.4, 0.5) is 0 Å². The van der Waals surface area contributed by atoms with Crippen molar-refractivity contribution in [2.24, 2.45) is 0 Å². The lowest BCUT2D eigenvalue weighted by molar-refractivity contribution is -0.161. The molecule has 0 saturated carbocycles. The molecule has 0 aliphatic heterocycles. The average molecular weight is 1120 g/mol. The molecule has 3 N–H and O–H groups in total. The topological polar surface area (TPSA) is 237 Å². The number of ether oxygens (including phenoxy) is 4. The summed E-state index contributed by atoms with van der Waals surface area (Å²) in [6.45, 7) is 4.68. The Labute approximate surface area is 454 Å². The fraction of sp³-hybridized carbons (Fsp3) is 0.929. The van der Waals surface area contributed by atoms with Crippen molar-refractivity contribution < 1.29 is 80.2 Å². The average Bonchev–Trinajstić information content (AvgIpc) is 3.38. The second-order valence-corrected chi connectivity index (χ2v) is 23.2. The van der Waals surface area contributed by atoms with E-state index in [4.69, 9.17) is 37.0 Å². The Morgan fingerprint density at radius 2 is 0.533 bits per heavy atom. The summed E-state index contributed by atoms with van der Waals surface area (Å²) in [7, 11) is -9.85. The van der Waals surface area contributed by atoms with Crippen molar-refractivity contribution >= 4 is 39.5 Å². The highest BCUT2D eigenvalue weighted by molar-refractivity contribution is 7.47. The highest BCUT2D eigenvalue weighted by atomic mass is 31.2. The Morgan fingerprint density at radius 3 is 0.787 bits per heavy atom. The van der Waals surface area contributed by atoms with E-state index in [-0.39, 0.29) is 25.7 Å². The summed E-state index contributed by atoms with van der Waals surface area (Å²) in [5.74, 6) is -2.16. The van der Waals surface area contributed by atoms with E-state index in [9.17, 15) is 43.2 Å². The number of carbonyl (C=O) groups excluding carboxylic acids is 4.